The Morgan fingerprint density at radius 1 is 1.50 bits per heavy atom. The summed E-state index contributed by atoms with van der Waals surface area (Å²) in [5.74, 6) is 0.470. The van der Waals surface area contributed by atoms with Gasteiger partial charge in [-0.05, 0) is 12.0 Å². The Balaban J connectivity index is 2.68. The highest BCUT2D eigenvalue weighted by Crippen LogP contribution is 2.18. The maximum absolute atomic E-state index is 5.82. The first-order chi connectivity index (χ1) is 4.72. The number of hydrogen-bond acceptors (Lipinski definition) is 2. The van der Waals surface area contributed by atoms with E-state index >= 15 is 0 Å². The molecular formula is C8H13NO. The van der Waals surface area contributed by atoms with Crippen molar-refractivity contribution in [2.45, 2.75) is 19.9 Å². The maximum atomic E-state index is 5.82. The van der Waals surface area contributed by atoms with Crippen molar-refractivity contribution in [1.82, 2.24) is 0 Å². The van der Waals surface area contributed by atoms with Crippen molar-refractivity contribution < 1.29 is 4.42 Å². The monoisotopic (exact) mass is 139 g/mol. The van der Waals surface area contributed by atoms with Crippen LogP contribution >= 0.6 is 0 Å². The van der Waals surface area contributed by atoms with E-state index in [0.717, 1.165) is 5.56 Å². The van der Waals surface area contributed by atoms with Crippen LogP contribution in [0.3, 0.4) is 0 Å². The standard InChI is InChI=1S/C8H13NO/c1-6(2)8(9)7-3-4-10-5-7/h3-6,8H,9H2,1-2H3/t8-/m0/s1. The third kappa shape index (κ3) is 1.39. The van der Waals surface area contributed by atoms with Crippen molar-refractivity contribution in [3.63, 3.8) is 0 Å². The van der Waals surface area contributed by atoms with Crippen LogP contribution in [0.15, 0.2) is 23.0 Å². The maximum Gasteiger partial charge on any atom is 0.0950 e. The first-order valence-corrected chi connectivity index (χ1v) is 3.49. The Bertz CT molecular complexity index is 179. The molecule has 0 radical (unpaired) electrons. The van der Waals surface area contributed by atoms with Gasteiger partial charge in [0.2, 0.25) is 0 Å². The van der Waals surface area contributed by atoms with Crippen LogP contribution in [0.4, 0.5) is 0 Å². The molecule has 1 atom stereocenters. The largest absolute Gasteiger partial charge is 0.472 e. The fourth-order valence-electron chi connectivity index (χ4n) is 0.850. The lowest BCUT2D eigenvalue weighted by atomic mass is 10.00. The van der Waals surface area contributed by atoms with E-state index in [1.165, 1.54) is 0 Å². The molecule has 0 amide bonds. The molecule has 0 saturated heterocycles. The summed E-state index contributed by atoms with van der Waals surface area (Å²) in [7, 11) is 0. The minimum atomic E-state index is 0.110. The van der Waals surface area contributed by atoms with Gasteiger partial charge in [-0.3, -0.25) is 0 Å². The molecule has 1 rings (SSSR count). The molecule has 2 heteroatoms. The Kier molecular flexibility index (Phi) is 2.12. The highest BCUT2D eigenvalue weighted by atomic mass is 16.3. The van der Waals surface area contributed by atoms with Gasteiger partial charge in [-0.2, -0.15) is 0 Å². The summed E-state index contributed by atoms with van der Waals surface area (Å²) in [6.45, 7) is 4.19. The summed E-state index contributed by atoms with van der Waals surface area (Å²) >= 11 is 0. The Morgan fingerprint density at radius 3 is 2.60 bits per heavy atom. The van der Waals surface area contributed by atoms with Gasteiger partial charge < -0.3 is 10.2 Å². The molecule has 2 N–H and O–H groups in total. The first-order valence-electron chi connectivity index (χ1n) is 3.49. The summed E-state index contributed by atoms with van der Waals surface area (Å²) < 4.78 is 4.91. The smallest absolute Gasteiger partial charge is 0.0950 e. The molecule has 56 valence electrons. The van der Waals surface area contributed by atoms with Crippen LogP contribution in [0.5, 0.6) is 0 Å². The summed E-state index contributed by atoms with van der Waals surface area (Å²) in [6.07, 6.45) is 3.35. The summed E-state index contributed by atoms with van der Waals surface area (Å²) in [5.41, 5.74) is 6.90. The van der Waals surface area contributed by atoms with Crippen LogP contribution in [0, 0.1) is 5.92 Å². The summed E-state index contributed by atoms with van der Waals surface area (Å²) in [6, 6.07) is 2.02. The summed E-state index contributed by atoms with van der Waals surface area (Å²) in [4.78, 5) is 0. The van der Waals surface area contributed by atoms with Crippen molar-refractivity contribution in [1.29, 1.82) is 0 Å². The zero-order valence-electron chi connectivity index (χ0n) is 6.37. The van der Waals surface area contributed by atoms with Gasteiger partial charge in [-0.1, -0.05) is 13.8 Å². The lowest BCUT2D eigenvalue weighted by Crippen LogP contribution is -2.15. The van der Waals surface area contributed by atoms with Crippen molar-refractivity contribution in [2.24, 2.45) is 11.7 Å². The van der Waals surface area contributed by atoms with Gasteiger partial charge >= 0.3 is 0 Å². The van der Waals surface area contributed by atoms with Gasteiger partial charge in [-0.15, -0.1) is 0 Å². The zero-order chi connectivity index (χ0) is 7.56. The van der Waals surface area contributed by atoms with E-state index in [2.05, 4.69) is 13.8 Å². The predicted octanol–water partition coefficient (Wildman–Crippen LogP) is 1.94. The number of nitrogens with two attached hydrogens (primary N) is 1. The molecule has 1 aromatic rings. The van der Waals surface area contributed by atoms with E-state index in [-0.39, 0.29) is 6.04 Å². The predicted molar refractivity (Wildman–Crippen MR) is 40.5 cm³/mol. The van der Waals surface area contributed by atoms with Crippen LogP contribution in [-0.4, -0.2) is 0 Å². The molecule has 1 aromatic heterocycles. The Morgan fingerprint density at radius 2 is 2.20 bits per heavy atom. The van der Waals surface area contributed by atoms with E-state index < -0.39 is 0 Å². The fourth-order valence-corrected chi connectivity index (χ4v) is 0.850. The van der Waals surface area contributed by atoms with Gasteiger partial charge in [0, 0.05) is 11.6 Å². The first kappa shape index (κ1) is 7.35. The van der Waals surface area contributed by atoms with Crippen LogP contribution in [0.1, 0.15) is 25.5 Å². The average Bonchev–Trinajstić information content (AvgIpc) is 2.36. The molecule has 0 aliphatic carbocycles. The van der Waals surface area contributed by atoms with Crippen LogP contribution < -0.4 is 5.73 Å². The number of rotatable bonds is 2. The molecule has 0 fully saturated rings. The quantitative estimate of drug-likeness (QED) is 0.680. The van der Waals surface area contributed by atoms with E-state index in [1.54, 1.807) is 12.5 Å². The van der Waals surface area contributed by atoms with Crippen molar-refractivity contribution >= 4 is 0 Å². The molecule has 2 nitrogen and oxygen atoms in total. The molecule has 0 spiro atoms. The Labute approximate surface area is 61.0 Å². The third-order valence-corrected chi connectivity index (χ3v) is 1.65. The minimum Gasteiger partial charge on any atom is -0.472 e. The highest BCUT2D eigenvalue weighted by Gasteiger charge is 2.10. The van der Waals surface area contributed by atoms with Gasteiger partial charge in [0.05, 0.1) is 12.5 Å². The number of furan rings is 1. The van der Waals surface area contributed by atoms with Crippen molar-refractivity contribution in [2.75, 3.05) is 0 Å². The topological polar surface area (TPSA) is 39.2 Å². The van der Waals surface area contributed by atoms with E-state index in [1.807, 2.05) is 6.07 Å². The molecule has 1 heterocycles. The lowest BCUT2D eigenvalue weighted by molar-refractivity contribution is 0.500. The highest BCUT2D eigenvalue weighted by molar-refractivity contribution is 5.11. The SMILES string of the molecule is CC(C)[C@H](N)c1ccoc1. The fraction of sp³-hybridized carbons (Fsp3) is 0.500. The van der Waals surface area contributed by atoms with Gasteiger partial charge in [0.25, 0.3) is 0 Å². The third-order valence-electron chi connectivity index (χ3n) is 1.65. The van der Waals surface area contributed by atoms with Crippen molar-refractivity contribution in [3.8, 4) is 0 Å². The number of hydrogen-bond donors (Lipinski definition) is 1. The van der Waals surface area contributed by atoms with E-state index in [9.17, 15) is 0 Å². The van der Waals surface area contributed by atoms with Crippen LogP contribution in [0.2, 0.25) is 0 Å². The molecule has 0 aliphatic heterocycles. The zero-order valence-corrected chi connectivity index (χ0v) is 6.37. The lowest BCUT2D eigenvalue weighted by Gasteiger charge is -2.12. The molecule has 10 heavy (non-hydrogen) atoms. The Hall–Kier alpha value is -0.760. The second-order valence-electron chi connectivity index (χ2n) is 2.83. The molecular weight excluding hydrogens is 126 g/mol. The van der Waals surface area contributed by atoms with E-state index in [0.29, 0.717) is 5.92 Å². The molecule has 0 saturated carbocycles. The average molecular weight is 139 g/mol. The molecule has 0 unspecified atom stereocenters. The van der Waals surface area contributed by atoms with Gasteiger partial charge in [0.15, 0.2) is 0 Å². The second-order valence-corrected chi connectivity index (χ2v) is 2.83. The van der Waals surface area contributed by atoms with Crippen LogP contribution in [-0.2, 0) is 0 Å². The van der Waals surface area contributed by atoms with Crippen molar-refractivity contribution in [3.05, 3.63) is 24.2 Å². The van der Waals surface area contributed by atoms with Gasteiger partial charge in [0.1, 0.15) is 0 Å². The minimum absolute atomic E-state index is 0.110. The summed E-state index contributed by atoms with van der Waals surface area (Å²) in [5, 5.41) is 0. The molecule has 0 aliphatic rings. The van der Waals surface area contributed by atoms with E-state index in [4.69, 9.17) is 10.2 Å². The van der Waals surface area contributed by atoms with Gasteiger partial charge in [-0.25, -0.2) is 0 Å². The van der Waals surface area contributed by atoms with Crippen LogP contribution in [0.25, 0.3) is 0 Å². The molecule has 0 bridgehead atoms. The normalized spacial score (nSPS) is 14.0. The second kappa shape index (κ2) is 2.88. The molecule has 0 aromatic carbocycles.